The Morgan fingerprint density at radius 2 is 2.36 bits per heavy atom. The Kier molecular flexibility index (Phi) is 3.99. The third kappa shape index (κ3) is 2.76. The number of nitrogens with zero attached hydrogens (tertiary/aromatic N) is 1. The first kappa shape index (κ1) is 11.1. The summed E-state index contributed by atoms with van der Waals surface area (Å²) in [5.41, 5.74) is 3.22. The molecule has 1 aromatic rings. The smallest absolute Gasteiger partial charge is 0.275 e. The summed E-state index contributed by atoms with van der Waals surface area (Å²) < 4.78 is 0.686. The highest BCUT2D eigenvalue weighted by atomic mass is 79.9. The number of nitrogens with one attached hydrogen (secondary N) is 1. The predicted octanol–water partition coefficient (Wildman–Crippen LogP) is 2.01. The van der Waals surface area contributed by atoms with E-state index in [2.05, 4.69) is 26.2 Å². The summed E-state index contributed by atoms with van der Waals surface area (Å²) >= 11 is 3.18. The van der Waals surface area contributed by atoms with E-state index in [1.54, 1.807) is 12.1 Å². The zero-order chi connectivity index (χ0) is 10.6. The number of hydrogen-bond donors (Lipinski definition) is 1. The predicted molar refractivity (Wildman–Crippen MR) is 54.6 cm³/mol. The van der Waals surface area contributed by atoms with Crippen LogP contribution in [-0.2, 0) is 11.4 Å². The van der Waals surface area contributed by atoms with Crippen LogP contribution in [0.15, 0.2) is 22.7 Å². The van der Waals surface area contributed by atoms with Crippen molar-refractivity contribution in [3.05, 3.63) is 38.3 Å². The van der Waals surface area contributed by atoms with Crippen molar-refractivity contribution < 1.29 is 9.76 Å². The van der Waals surface area contributed by atoms with Crippen LogP contribution in [0.2, 0.25) is 0 Å². The summed E-state index contributed by atoms with van der Waals surface area (Å²) in [5, 5.41) is 10.7. The van der Waals surface area contributed by atoms with Crippen LogP contribution in [0, 0.1) is 10.1 Å². The number of rotatable bonds is 4. The summed E-state index contributed by atoms with van der Waals surface area (Å²) in [6.45, 7) is 0.306. The molecule has 0 aliphatic rings. The number of hydroxylamine groups is 1. The highest BCUT2D eigenvalue weighted by Crippen LogP contribution is 2.23. The summed E-state index contributed by atoms with van der Waals surface area (Å²) in [6, 6.07) is 4.89. The first-order valence-electron chi connectivity index (χ1n) is 3.84. The van der Waals surface area contributed by atoms with Crippen molar-refractivity contribution in [3.8, 4) is 0 Å². The third-order valence-corrected chi connectivity index (χ3v) is 2.14. The standard InChI is InChI=1S/C8H9BrN2O3/c1-14-10-5-6-2-3-7(9)4-8(6)11(12)13/h2-4,10H,5H2,1H3. The van der Waals surface area contributed by atoms with Crippen LogP contribution in [0.3, 0.4) is 0 Å². The summed E-state index contributed by atoms with van der Waals surface area (Å²) in [7, 11) is 1.46. The highest BCUT2D eigenvalue weighted by molar-refractivity contribution is 9.10. The summed E-state index contributed by atoms with van der Waals surface area (Å²) in [5.74, 6) is 0. The molecule has 1 rings (SSSR count). The van der Waals surface area contributed by atoms with Crippen molar-refractivity contribution in [1.82, 2.24) is 5.48 Å². The Balaban J connectivity index is 2.96. The van der Waals surface area contributed by atoms with E-state index in [1.807, 2.05) is 0 Å². The topological polar surface area (TPSA) is 64.4 Å². The largest absolute Gasteiger partial charge is 0.305 e. The fourth-order valence-corrected chi connectivity index (χ4v) is 1.36. The fourth-order valence-electron chi connectivity index (χ4n) is 1.01. The molecular formula is C8H9BrN2O3. The second-order valence-electron chi connectivity index (χ2n) is 2.56. The van der Waals surface area contributed by atoms with Crippen molar-refractivity contribution in [2.45, 2.75) is 6.54 Å². The molecule has 1 aromatic carbocycles. The number of nitro groups is 1. The van der Waals surface area contributed by atoms with Crippen molar-refractivity contribution >= 4 is 21.6 Å². The van der Waals surface area contributed by atoms with Gasteiger partial charge in [-0.15, -0.1) is 0 Å². The number of halogens is 1. The molecule has 0 amide bonds. The molecule has 5 nitrogen and oxygen atoms in total. The van der Waals surface area contributed by atoms with Gasteiger partial charge in [0.15, 0.2) is 0 Å². The van der Waals surface area contributed by atoms with E-state index < -0.39 is 4.92 Å². The van der Waals surface area contributed by atoms with Gasteiger partial charge in [0, 0.05) is 16.1 Å². The molecule has 0 radical (unpaired) electrons. The lowest BCUT2D eigenvalue weighted by atomic mass is 10.2. The first-order valence-corrected chi connectivity index (χ1v) is 4.63. The Labute approximate surface area is 89.3 Å². The van der Waals surface area contributed by atoms with Gasteiger partial charge in [-0.25, -0.2) is 0 Å². The maximum Gasteiger partial charge on any atom is 0.275 e. The minimum Gasteiger partial charge on any atom is -0.305 e. The molecule has 0 aromatic heterocycles. The van der Waals surface area contributed by atoms with Gasteiger partial charge < -0.3 is 4.84 Å². The van der Waals surface area contributed by atoms with Crippen LogP contribution in [0.5, 0.6) is 0 Å². The number of benzene rings is 1. The van der Waals surface area contributed by atoms with E-state index in [0.29, 0.717) is 16.6 Å². The SMILES string of the molecule is CONCc1ccc(Br)cc1[N+](=O)[O-]. The van der Waals surface area contributed by atoms with Gasteiger partial charge in [-0.05, 0) is 12.1 Å². The van der Waals surface area contributed by atoms with Crippen LogP contribution in [-0.4, -0.2) is 12.0 Å². The summed E-state index contributed by atoms with van der Waals surface area (Å²) in [4.78, 5) is 14.9. The van der Waals surface area contributed by atoms with Crippen LogP contribution in [0.25, 0.3) is 0 Å². The lowest BCUT2D eigenvalue weighted by Crippen LogP contribution is -2.12. The minimum absolute atomic E-state index is 0.0731. The molecule has 0 saturated carbocycles. The van der Waals surface area contributed by atoms with Crippen molar-refractivity contribution in [2.75, 3.05) is 7.11 Å². The lowest BCUT2D eigenvalue weighted by Gasteiger charge is -2.03. The quantitative estimate of drug-likeness (QED) is 0.665. The molecule has 1 N–H and O–H groups in total. The second kappa shape index (κ2) is 5.04. The molecule has 0 saturated heterocycles. The third-order valence-electron chi connectivity index (χ3n) is 1.65. The van der Waals surface area contributed by atoms with E-state index >= 15 is 0 Å². The zero-order valence-electron chi connectivity index (χ0n) is 7.49. The molecule has 0 heterocycles. The van der Waals surface area contributed by atoms with Gasteiger partial charge in [-0.1, -0.05) is 15.9 Å². The van der Waals surface area contributed by atoms with E-state index in [1.165, 1.54) is 13.2 Å². The van der Waals surface area contributed by atoms with Gasteiger partial charge in [0.05, 0.1) is 18.6 Å². The van der Waals surface area contributed by atoms with Crippen LogP contribution < -0.4 is 5.48 Å². The van der Waals surface area contributed by atoms with Gasteiger partial charge >= 0.3 is 0 Å². The normalized spacial score (nSPS) is 10.1. The van der Waals surface area contributed by atoms with E-state index in [-0.39, 0.29) is 5.69 Å². The van der Waals surface area contributed by atoms with E-state index in [4.69, 9.17) is 0 Å². The van der Waals surface area contributed by atoms with Crippen LogP contribution in [0.4, 0.5) is 5.69 Å². The Bertz CT molecular complexity index is 343. The minimum atomic E-state index is -0.419. The molecule has 0 spiro atoms. The average molecular weight is 261 g/mol. The molecule has 0 atom stereocenters. The molecule has 0 aliphatic carbocycles. The first-order chi connectivity index (χ1) is 6.65. The maximum atomic E-state index is 10.7. The molecule has 0 fully saturated rings. The van der Waals surface area contributed by atoms with Crippen LogP contribution >= 0.6 is 15.9 Å². The van der Waals surface area contributed by atoms with Gasteiger partial charge in [0.1, 0.15) is 0 Å². The Morgan fingerprint density at radius 1 is 1.64 bits per heavy atom. The van der Waals surface area contributed by atoms with Gasteiger partial charge in [-0.2, -0.15) is 5.48 Å². The van der Waals surface area contributed by atoms with E-state index in [0.717, 1.165) is 0 Å². The Morgan fingerprint density at radius 3 is 2.93 bits per heavy atom. The van der Waals surface area contributed by atoms with Crippen molar-refractivity contribution in [3.63, 3.8) is 0 Å². The van der Waals surface area contributed by atoms with Gasteiger partial charge in [-0.3, -0.25) is 10.1 Å². The van der Waals surface area contributed by atoms with Crippen molar-refractivity contribution in [2.24, 2.45) is 0 Å². The van der Waals surface area contributed by atoms with E-state index in [9.17, 15) is 10.1 Å². The van der Waals surface area contributed by atoms with Crippen molar-refractivity contribution in [1.29, 1.82) is 0 Å². The number of nitro benzene ring substituents is 1. The fraction of sp³-hybridized carbons (Fsp3) is 0.250. The van der Waals surface area contributed by atoms with Gasteiger partial charge in [0.25, 0.3) is 5.69 Å². The molecule has 6 heteroatoms. The molecule has 76 valence electrons. The van der Waals surface area contributed by atoms with Crippen LogP contribution in [0.1, 0.15) is 5.56 Å². The highest BCUT2D eigenvalue weighted by Gasteiger charge is 2.13. The second-order valence-corrected chi connectivity index (χ2v) is 3.47. The zero-order valence-corrected chi connectivity index (χ0v) is 9.08. The monoisotopic (exact) mass is 260 g/mol. The molecular weight excluding hydrogens is 252 g/mol. The molecule has 14 heavy (non-hydrogen) atoms. The average Bonchev–Trinajstić information content (AvgIpc) is 2.15. The number of hydrogen-bond acceptors (Lipinski definition) is 4. The lowest BCUT2D eigenvalue weighted by molar-refractivity contribution is -0.385. The maximum absolute atomic E-state index is 10.7. The summed E-state index contributed by atoms with van der Waals surface area (Å²) in [6.07, 6.45) is 0. The molecule has 0 aliphatic heterocycles. The molecule has 0 bridgehead atoms. The Hall–Kier alpha value is -0.980. The molecule has 0 unspecified atom stereocenters. The van der Waals surface area contributed by atoms with Gasteiger partial charge in [0.2, 0.25) is 0 Å².